The Kier molecular flexibility index (Phi) is 5.20. The number of ether oxygens (including phenoxy) is 1. The summed E-state index contributed by atoms with van der Waals surface area (Å²) in [6.07, 6.45) is 4.89. The maximum atomic E-state index is 13.3. The third kappa shape index (κ3) is 3.88. The summed E-state index contributed by atoms with van der Waals surface area (Å²) in [5, 5.41) is 0.436. The first-order valence-corrected chi connectivity index (χ1v) is 9.63. The van der Waals surface area contributed by atoms with Gasteiger partial charge >= 0.3 is 0 Å². The van der Waals surface area contributed by atoms with Gasteiger partial charge in [0.1, 0.15) is 5.82 Å². The Morgan fingerprint density at radius 3 is 2.67 bits per heavy atom. The molecule has 0 bridgehead atoms. The highest BCUT2D eigenvalue weighted by Gasteiger charge is 2.29. The second-order valence-electron chi connectivity index (χ2n) is 7.52. The fourth-order valence-electron chi connectivity index (χ4n) is 4.08. The smallest absolute Gasteiger partial charge is 0.261 e. The lowest BCUT2D eigenvalue weighted by Gasteiger charge is -2.35. The highest BCUT2D eigenvalue weighted by molar-refractivity contribution is 5.79. The van der Waals surface area contributed by atoms with Crippen LogP contribution in [0.1, 0.15) is 25.7 Å². The number of rotatable bonds is 3. The van der Waals surface area contributed by atoms with Crippen LogP contribution in [0.5, 0.6) is 0 Å². The van der Waals surface area contributed by atoms with Gasteiger partial charge in [0.15, 0.2) is 0 Å². The van der Waals surface area contributed by atoms with Crippen molar-refractivity contribution in [3.05, 3.63) is 40.7 Å². The summed E-state index contributed by atoms with van der Waals surface area (Å²) in [4.78, 5) is 31.4. The van der Waals surface area contributed by atoms with Gasteiger partial charge in [0.25, 0.3) is 5.56 Å². The Hall–Kier alpha value is -2.28. The SMILES string of the molecule is O=C(C1CCOCC1)N1CCC(Cn2cnc3cc(F)ccc3c2=O)CC1. The summed E-state index contributed by atoms with van der Waals surface area (Å²) in [7, 11) is 0. The van der Waals surface area contributed by atoms with Crippen LogP contribution in [0, 0.1) is 17.7 Å². The molecule has 0 aliphatic carbocycles. The molecule has 1 aromatic heterocycles. The first-order chi connectivity index (χ1) is 13.1. The van der Waals surface area contributed by atoms with Crippen LogP contribution in [0.4, 0.5) is 4.39 Å². The number of halogens is 1. The van der Waals surface area contributed by atoms with Gasteiger partial charge in [-0.2, -0.15) is 0 Å². The van der Waals surface area contributed by atoms with Crippen LogP contribution in [0.25, 0.3) is 10.9 Å². The maximum Gasteiger partial charge on any atom is 0.261 e. The zero-order valence-electron chi connectivity index (χ0n) is 15.3. The molecule has 27 heavy (non-hydrogen) atoms. The Bertz CT molecular complexity index is 884. The van der Waals surface area contributed by atoms with Gasteiger partial charge in [0, 0.05) is 44.8 Å². The zero-order valence-corrected chi connectivity index (χ0v) is 15.3. The summed E-state index contributed by atoms with van der Waals surface area (Å²) >= 11 is 0. The number of aromatic nitrogens is 2. The minimum atomic E-state index is -0.395. The molecule has 4 rings (SSSR count). The summed E-state index contributed by atoms with van der Waals surface area (Å²) in [6.45, 7) is 3.41. The first-order valence-electron chi connectivity index (χ1n) is 9.63. The minimum absolute atomic E-state index is 0.100. The standard InChI is InChI=1S/C20H24FN3O3/c21-16-1-2-17-18(11-16)22-13-24(20(17)26)12-14-3-7-23(8-4-14)19(25)15-5-9-27-10-6-15/h1-2,11,13-15H,3-10,12H2. The summed E-state index contributed by atoms with van der Waals surface area (Å²) < 4.78 is 20.2. The number of carbonyl (C=O) groups is 1. The average molecular weight is 373 g/mol. The first kappa shape index (κ1) is 18.1. The molecule has 144 valence electrons. The topological polar surface area (TPSA) is 64.4 Å². The lowest BCUT2D eigenvalue weighted by atomic mass is 9.93. The van der Waals surface area contributed by atoms with Crippen molar-refractivity contribution in [2.45, 2.75) is 32.2 Å². The predicted octanol–water partition coefficient (Wildman–Crippen LogP) is 2.20. The molecule has 1 amide bonds. The van der Waals surface area contributed by atoms with E-state index in [-0.39, 0.29) is 17.4 Å². The van der Waals surface area contributed by atoms with Gasteiger partial charge in [0.05, 0.1) is 17.2 Å². The molecule has 0 N–H and O–H groups in total. The van der Waals surface area contributed by atoms with Gasteiger partial charge < -0.3 is 9.64 Å². The van der Waals surface area contributed by atoms with Gasteiger partial charge in [-0.15, -0.1) is 0 Å². The molecule has 2 saturated heterocycles. The number of likely N-dealkylation sites (tertiary alicyclic amines) is 1. The molecule has 2 aliphatic rings. The molecule has 7 heteroatoms. The van der Waals surface area contributed by atoms with E-state index in [1.807, 2.05) is 4.90 Å². The number of piperidine rings is 1. The summed E-state index contributed by atoms with van der Waals surface area (Å²) in [5.74, 6) is 0.293. The normalized spacial score (nSPS) is 19.5. The van der Waals surface area contributed by atoms with E-state index in [1.54, 1.807) is 4.57 Å². The quantitative estimate of drug-likeness (QED) is 0.827. The number of hydrogen-bond acceptors (Lipinski definition) is 4. The lowest BCUT2D eigenvalue weighted by Crippen LogP contribution is -2.44. The highest BCUT2D eigenvalue weighted by atomic mass is 19.1. The molecule has 6 nitrogen and oxygen atoms in total. The summed E-state index contributed by atoms with van der Waals surface area (Å²) in [5.41, 5.74) is 0.244. The Labute approximate surface area is 156 Å². The molecule has 0 atom stereocenters. The Balaban J connectivity index is 1.38. The van der Waals surface area contributed by atoms with E-state index in [2.05, 4.69) is 4.98 Å². The fraction of sp³-hybridized carbons (Fsp3) is 0.550. The van der Waals surface area contributed by atoms with E-state index in [1.165, 1.54) is 24.5 Å². The van der Waals surface area contributed by atoms with Gasteiger partial charge in [-0.3, -0.25) is 14.2 Å². The van der Waals surface area contributed by atoms with Gasteiger partial charge in [0.2, 0.25) is 5.91 Å². The average Bonchev–Trinajstić information content (AvgIpc) is 2.71. The zero-order chi connectivity index (χ0) is 18.8. The molecule has 0 spiro atoms. The Morgan fingerprint density at radius 1 is 1.19 bits per heavy atom. The predicted molar refractivity (Wildman–Crippen MR) is 98.8 cm³/mol. The fourth-order valence-corrected chi connectivity index (χ4v) is 4.08. The number of benzene rings is 1. The molecule has 0 unspecified atom stereocenters. The second kappa shape index (κ2) is 7.76. The lowest BCUT2D eigenvalue weighted by molar-refractivity contribution is -0.140. The van der Waals surface area contributed by atoms with Crippen LogP contribution in [-0.4, -0.2) is 46.7 Å². The molecule has 2 aliphatic heterocycles. The van der Waals surface area contributed by atoms with E-state index in [0.717, 1.165) is 38.8 Å². The number of fused-ring (bicyclic) bond motifs is 1. The van der Waals surface area contributed by atoms with E-state index in [0.29, 0.717) is 36.6 Å². The number of carbonyl (C=O) groups excluding carboxylic acids is 1. The van der Waals surface area contributed by atoms with E-state index in [4.69, 9.17) is 4.74 Å². The van der Waals surface area contributed by atoms with Gasteiger partial charge in [-0.05, 0) is 43.7 Å². The number of nitrogens with zero attached hydrogens (tertiary/aromatic N) is 3. The minimum Gasteiger partial charge on any atom is -0.381 e. The number of amides is 1. The van der Waals surface area contributed by atoms with E-state index < -0.39 is 5.82 Å². The van der Waals surface area contributed by atoms with Crippen LogP contribution in [0.2, 0.25) is 0 Å². The molecule has 1 aromatic carbocycles. The van der Waals surface area contributed by atoms with Crippen molar-refractivity contribution >= 4 is 16.8 Å². The van der Waals surface area contributed by atoms with Crippen molar-refractivity contribution in [2.75, 3.05) is 26.3 Å². The van der Waals surface area contributed by atoms with Crippen molar-refractivity contribution in [1.82, 2.24) is 14.5 Å². The molecule has 0 saturated carbocycles. The molecule has 2 fully saturated rings. The third-order valence-corrected chi connectivity index (χ3v) is 5.74. The monoisotopic (exact) mass is 373 g/mol. The summed E-state index contributed by atoms with van der Waals surface area (Å²) in [6, 6.07) is 4.06. The number of hydrogen-bond donors (Lipinski definition) is 0. The molecule has 2 aromatic rings. The van der Waals surface area contributed by atoms with Crippen LogP contribution in [-0.2, 0) is 16.1 Å². The van der Waals surface area contributed by atoms with Gasteiger partial charge in [-0.25, -0.2) is 9.37 Å². The van der Waals surface area contributed by atoms with Crippen molar-refractivity contribution in [2.24, 2.45) is 11.8 Å². The molecular formula is C20H24FN3O3. The molecule has 3 heterocycles. The molecular weight excluding hydrogens is 349 g/mol. The van der Waals surface area contributed by atoms with Crippen molar-refractivity contribution in [3.8, 4) is 0 Å². The van der Waals surface area contributed by atoms with E-state index in [9.17, 15) is 14.0 Å². The van der Waals surface area contributed by atoms with Crippen LogP contribution >= 0.6 is 0 Å². The Morgan fingerprint density at radius 2 is 1.93 bits per heavy atom. The van der Waals surface area contributed by atoms with Crippen molar-refractivity contribution in [1.29, 1.82) is 0 Å². The largest absolute Gasteiger partial charge is 0.381 e. The van der Waals surface area contributed by atoms with Crippen LogP contribution < -0.4 is 5.56 Å². The van der Waals surface area contributed by atoms with E-state index >= 15 is 0 Å². The van der Waals surface area contributed by atoms with Crippen LogP contribution in [0.15, 0.2) is 29.3 Å². The van der Waals surface area contributed by atoms with Crippen LogP contribution in [0.3, 0.4) is 0 Å². The highest BCUT2D eigenvalue weighted by Crippen LogP contribution is 2.23. The third-order valence-electron chi connectivity index (χ3n) is 5.74. The van der Waals surface area contributed by atoms with Crippen molar-refractivity contribution in [3.63, 3.8) is 0 Å². The molecule has 0 radical (unpaired) electrons. The second-order valence-corrected chi connectivity index (χ2v) is 7.52. The maximum absolute atomic E-state index is 13.3. The van der Waals surface area contributed by atoms with Gasteiger partial charge in [-0.1, -0.05) is 0 Å². The van der Waals surface area contributed by atoms with Crippen molar-refractivity contribution < 1.29 is 13.9 Å².